The summed E-state index contributed by atoms with van der Waals surface area (Å²) in [5, 5.41) is 34.8. The maximum atomic E-state index is 12.9. The number of para-hydroxylation sites is 1. The van der Waals surface area contributed by atoms with Gasteiger partial charge in [0.15, 0.2) is 0 Å². The molecule has 2 rings (SSSR count). The summed E-state index contributed by atoms with van der Waals surface area (Å²) in [6, 6.07) is 0.760. The van der Waals surface area contributed by atoms with E-state index >= 15 is 0 Å². The van der Waals surface area contributed by atoms with Crippen molar-refractivity contribution < 1.29 is 44.1 Å². The normalized spacial score (nSPS) is 14.1. The fraction of sp³-hybridized carbons (Fsp3) is 0.364. The van der Waals surface area contributed by atoms with Crippen molar-refractivity contribution >= 4 is 46.5 Å². The summed E-state index contributed by atoms with van der Waals surface area (Å²) in [6.07, 6.45) is -0.218. The van der Waals surface area contributed by atoms with Crippen LogP contribution in [0.5, 0.6) is 0 Å². The number of carboxylic acid groups (broad SMARTS) is 2. The highest BCUT2D eigenvalue weighted by molar-refractivity contribution is 5.97. The Morgan fingerprint density at radius 2 is 1.43 bits per heavy atom. The maximum absolute atomic E-state index is 12.9. The van der Waals surface area contributed by atoms with E-state index in [9.17, 15) is 33.9 Å². The number of aliphatic hydroxyl groups excluding tert-OH is 1. The van der Waals surface area contributed by atoms with Crippen molar-refractivity contribution in [2.24, 2.45) is 11.5 Å². The van der Waals surface area contributed by atoms with Gasteiger partial charge in [0.25, 0.3) is 0 Å². The number of primary amides is 1. The van der Waals surface area contributed by atoms with Gasteiger partial charge in [-0.05, 0) is 11.6 Å². The number of carbonyl (C=O) groups is 6. The van der Waals surface area contributed by atoms with Crippen LogP contribution in [0.1, 0.15) is 18.4 Å². The zero-order valence-electron chi connectivity index (χ0n) is 19.5. The fourth-order valence-corrected chi connectivity index (χ4v) is 3.42. The van der Waals surface area contributed by atoms with Crippen LogP contribution in [0.15, 0.2) is 30.5 Å². The Bertz CT molecular complexity index is 1180. The third kappa shape index (κ3) is 8.29. The second kappa shape index (κ2) is 13.0. The van der Waals surface area contributed by atoms with E-state index in [1.54, 1.807) is 30.5 Å². The minimum atomic E-state index is -1.73. The van der Waals surface area contributed by atoms with Crippen LogP contribution in [0.3, 0.4) is 0 Å². The van der Waals surface area contributed by atoms with Gasteiger partial charge >= 0.3 is 11.9 Å². The molecule has 1 aromatic heterocycles. The molecule has 1 aromatic carbocycles. The number of nitrogens with one attached hydrogen (secondary N) is 4. The molecule has 0 saturated carbocycles. The van der Waals surface area contributed by atoms with Crippen molar-refractivity contribution in [1.29, 1.82) is 0 Å². The molecule has 4 atom stereocenters. The van der Waals surface area contributed by atoms with Crippen LogP contribution >= 0.6 is 0 Å². The fourth-order valence-electron chi connectivity index (χ4n) is 3.42. The van der Waals surface area contributed by atoms with Crippen LogP contribution in [-0.4, -0.2) is 86.6 Å². The number of aliphatic hydroxyl groups is 1. The lowest BCUT2D eigenvalue weighted by atomic mass is 10.0. The predicted molar refractivity (Wildman–Crippen MR) is 127 cm³/mol. The van der Waals surface area contributed by atoms with Crippen LogP contribution in [-0.2, 0) is 35.2 Å². The standard InChI is InChI=1S/C22H28N6O9/c23-12(9-29)19(33)26-15(7-18(31)32)21(35)27-14(6-17(24)30)20(34)28-16(22(36)37)5-10-8-25-13-4-2-1-3-11(10)13/h1-4,8,12,14-16,25,29H,5-7,9,23H2,(H2,24,30)(H,26,33)(H,27,35)(H,28,34)(H,31,32)(H,36,37). The van der Waals surface area contributed by atoms with E-state index < -0.39 is 79.2 Å². The molecular weight excluding hydrogens is 492 g/mol. The minimum Gasteiger partial charge on any atom is -0.481 e. The van der Waals surface area contributed by atoms with E-state index in [4.69, 9.17) is 21.7 Å². The van der Waals surface area contributed by atoms with Crippen LogP contribution in [0.25, 0.3) is 10.9 Å². The van der Waals surface area contributed by atoms with Crippen LogP contribution in [0.2, 0.25) is 0 Å². The molecule has 1 heterocycles. The number of carbonyl (C=O) groups excluding carboxylic acids is 4. The highest BCUT2D eigenvalue weighted by Crippen LogP contribution is 2.19. The van der Waals surface area contributed by atoms with E-state index in [1.165, 1.54) is 0 Å². The molecule has 15 nitrogen and oxygen atoms in total. The number of carboxylic acids is 2. The second-order valence-corrected chi connectivity index (χ2v) is 8.14. The Hall–Kier alpha value is -4.50. The zero-order chi connectivity index (χ0) is 27.7. The van der Waals surface area contributed by atoms with E-state index in [1.807, 2.05) is 5.32 Å². The first-order chi connectivity index (χ1) is 17.4. The maximum Gasteiger partial charge on any atom is 0.326 e. The quantitative estimate of drug-likeness (QED) is 0.121. The Morgan fingerprint density at radius 1 is 0.865 bits per heavy atom. The molecule has 200 valence electrons. The number of fused-ring (bicyclic) bond motifs is 1. The molecule has 37 heavy (non-hydrogen) atoms. The van der Waals surface area contributed by atoms with Gasteiger partial charge in [0.2, 0.25) is 23.6 Å². The molecule has 0 bridgehead atoms. The summed E-state index contributed by atoms with van der Waals surface area (Å²) < 4.78 is 0. The average Bonchev–Trinajstić information content (AvgIpc) is 3.24. The highest BCUT2D eigenvalue weighted by atomic mass is 16.4. The summed E-state index contributed by atoms with van der Waals surface area (Å²) in [5.74, 6) is -7.19. The third-order valence-electron chi connectivity index (χ3n) is 5.30. The first-order valence-electron chi connectivity index (χ1n) is 11.0. The Kier molecular flexibility index (Phi) is 10.1. The number of aromatic nitrogens is 1. The Labute approximate surface area is 209 Å². The van der Waals surface area contributed by atoms with Crippen molar-refractivity contribution in [3.8, 4) is 0 Å². The number of H-pyrrole nitrogens is 1. The minimum absolute atomic E-state index is 0.140. The Morgan fingerprint density at radius 3 is 2.00 bits per heavy atom. The van der Waals surface area contributed by atoms with Gasteiger partial charge in [-0.15, -0.1) is 0 Å². The van der Waals surface area contributed by atoms with Crippen molar-refractivity contribution in [3.05, 3.63) is 36.0 Å². The first-order valence-corrected chi connectivity index (χ1v) is 11.0. The summed E-state index contributed by atoms with van der Waals surface area (Å²) in [4.78, 5) is 75.1. The van der Waals surface area contributed by atoms with Gasteiger partial charge in [-0.1, -0.05) is 18.2 Å². The lowest BCUT2D eigenvalue weighted by Crippen LogP contribution is -2.58. The Balaban J connectivity index is 2.20. The molecule has 0 aliphatic carbocycles. The zero-order valence-corrected chi connectivity index (χ0v) is 19.5. The molecule has 0 fully saturated rings. The molecule has 15 heteroatoms. The summed E-state index contributed by atoms with van der Waals surface area (Å²) in [5.41, 5.74) is 11.9. The van der Waals surface area contributed by atoms with Gasteiger partial charge in [0.05, 0.1) is 19.4 Å². The summed E-state index contributed by atoms with van der Waals surface area (Å²) >= 11 is 0. The largest absolute Gasteiger partial charge is 0.481 e. The number of benzene rings is 1. The molecular formula is C22H28N6O9. The number of aromatic amines is 1. The van der Waals surface area contributed by atoms with E-state index in [0.717, 1.165) is 10.9 Å². The number of amides is 4. The molecule has 2 aromatic rings. The van der Waals surface area contributed by atoms with Crippen molar-refractivity contribution in [2.45, 2.75) is 43.4 Å². The van der Waals surface area contributed by atoms with Gasteiger partial charge in [0, 0.05) is 23.5 Å². The molecule has 4 unspecified atom stereocenters. The van der Waals surface area contributed by atoms with Gasteiger partial charge < -0.3 is 47.7 Å². The van der Waals surface area contributed by atoms with Crippen LogP contribution in [0.4, 0.5) is 0 Å². The topological polar surface area (TPSA) is 267 Å². The van der Waals surface area contributed by atoms with E-state index in [0.29, 0.717) is 5.56 Å². The molecule has 4 amide bonds. The predicted octanol–water partition coefficient (Wildman–Crippen LogP) is -3.08. The van der Waals surface area contributed by atoms with Crippen molar-refractivity contribution in [1.82, 2.24) is 20.9 Å². The van der Waals surface area contributed by atoms with E-state index in [2.05, 4.69) is 15.6 Å². The van der Waals surface area contributed by atoms with Gasteiger partial charge in [-0.3, -0.25) is 24.0 Å². The molecule has 0 radical (unpaired) electrons. The van der Waals surface area contributed by atoms with Gasteiger partial charge in [-0.2, -0.15) is 0 Å². The van der Waals surface area contributed by atoms with Crippen LogP contribution < -0.4 is 27.4 Å². The number of hydrogen-bond acceptors (Lipinski definition) is 8. The summed E-state index contributed by atoms with van der Waals surface area (Å²) in [6.45, 7) is -0.785. The number of nitrogens with two attached hydrogens (primary N) is 2. The van der Waals surface area contributed by atoms with E-state index in [-0.39, 0.29) is 6.42 Å². The molecule has 0 saturated heterocycles. The highest BCUT2D eigenvalue weighted by Gasteiger charge is 2.32. The molecule has 0 aliphatic rings. The summed E-state index contributed by atoms with van der Waals surface area (Å²) in [7, 11) is 0. The lowest BCUT2D eigenvalue weighted by Gasteiger charge is -2.24. The second-order valence-electron chi connectivity index (χ2n) is 8.14. The van der Waals surface area contributed by atoms with Crippen LogP contribution in [0, 0.1) is 0 Å². The third-order valence-corrected chi connectivity index (χ3v) is 5.30. The first kappa shape index (κ1) is 28.7. The monoisotopic (exact) mass is 520 g/mol. The van der Waals surface area contributed by atoms with Crippen molar-refractivity contribution in [2.75, 3.05) is 6.61 Å². The number of hydrogen-bond donors (Lipinski definition) is 9. The average molecular weight is 520 g/mol. The number of rotatable bonds is 14. The number of aliphatic carboxylic acids is 2. The lowest BCUT2D eigenvalue weighted by molar-refractivity contribution is -0.143. The molecule has 0 aliphatic heterocycles. The van der Waals surface area contributed by atoms with Gasteiger partial charge in [-0.25, -0.2) is 4.79 Å². The smallest absolute Gasteiger partial charge is 0.326 e. The molecule has 0 spiro atoms. The van der Waals surface area contributed by atoms with Gasteiger partial charge in [0.1, 0.15) is 24.2 Å². The molecule has 11 N–H and O–H groups in total. The van der Waals surface area contributed by atoms with Crippen molar-refractivity contribution in [3.63, 3.8) is 0 Å². The SMILES string of the molecule is NC(=O)CC(NC(=O)C(CC(=O)O)NC(=O)C(N)CO)C(=O)NC(Cc1c[nH]c2ccccc12)C(=O)O.